The van der Waals surface area contributed by atoms with Crippen LogP contribution in [0.1, 0.15) is 57.8 Å². The second kappa shape index (κ2) is 7.05. The number of hydrogen-bond donors (Lipinski definition) is 1. The highest BCUT2D eigenvalue weighted by Gasteiger charge is 2.28. The minimum Gasteiger partial charge on any atom is -0.378 e. The van der Waals surface area contributed by atoms with Gasteiger partial charge in [-0.1, -0.05) is 19.3 Å². The van der Waals surface area contributed by atoms with E-state index in [1.807, 2.05) is 0 Å². The van der Waals surface area contributed by atoms with Gasteiger partial charge in [0.05, 0.1) is 18.8 Å². The lowest BCUT2D eigenvalue weighted by Gasteiger charge is -2.22. The molecule has 0 spiro atoms. The van der Waals surface area contributed by atoms with Crippen molar-refractivity contribution in [3.63, 3.8) is 0 Å². The SMILES string of the molecule is C1CCC(COCC2CCC(CNC3CC3)O2)CC1. The first-order valence-corrected chi connectivity index (χ1v) is 8.37. The fourth-order valence-corrected chi connectivity index (χ4v) is 3.36. The van der Waals surface area contributed by atoms with Crippen LogP contribution in [0.2, 0.25) is 0 Å². The molecule has 3 nitrogen and oxygen atoms in total. The van der Waals surface area contributed by atoms with Gasteiger partial charge >= 0.3 is 0 Å². The van der Waals surface area contributed by atoms with Crippen LogP contribution < -0.4 is 5.32 Å². The molecule has 3 fully saturated rings. The lowest BCUT2D eigenvalue weighted by Crippen LogP contribution is -2.29. The molecule has 0 aromatic heterocycles. The van der Waals surface area contributed by atoms with E-state index in [-0.39, 0.29) is 0 Å². The molecule has 2 unspecified atom stereocenters. The van der Waals surface area contributed by atoms with Crippen LogP contribution in [-0.4, -0.2) is 38.0 Å². The Labute approximate surface area is 117 Å². The third-order valence-electron chi connectivity index (χ3n) is 4.79. The van der Waals surface area contributed by atoms with Crippen LogP contribution in [-0.2, 0) is 9.47 Å². The number of ether oxygens (including phenoxy) is 2. The Morgan fingerprint density at radius 1 is 0.842 bits per heavy atom. The van der Waals surface area contributed by atoms with E-state index in [0.717, 1.165) is 31.7 Å². The molecule has 110 valence electrons. The number of nitrogens with one attached hydrogen (secondary N) is 1. The van der Waals surface area contributed by atoms with Gasteiger partial charge in [-0.05, 0) is 44.4 Å². The van der Waals surface area contributed by atoms with Gasteiger partial charge in [-0.2, -0.15) is 0 Å². The van der Waals surface area contributed by atoms with E-state index in [4.69, 9.17) is 9.47 Å². The largest absolute Gasteiger partial charge is 0.378 e. The molecule has 0 bridgehead atoms. The van der Waals surface area contributed by atoms with Gasteiger partial charge in [0.1, 0.15) is 0 Å². The van der Waals surface area contributed by atoms with Gasteiger partial charge in [0.2, 0.25) is 0 Å². The van der Waals surface area contributed by atoms with Crippen molar-refractivity contribution in [3.8, 4) is 0 Å². The number of rotatable bonds is 7. The van der Waals surface area contributed by atoms with Crippen molar-refractivity contribution < 1.29 is 9.47 Å². The van der Waals surface area contributed by atoms with E-state index in [2.05, 4.69) is 5.32 Å². The summed E-state index contributed by atoms with van der Waals surface area (Å²) in [6, 6.07) is 0.796. The van der Waals surface area contributed by atoms with Crippen molar-refractivity contribution >= 4 is 0 Å². The Hall–Kier alpha value is -0.120. The third-order valence-corrected chi connectivity index (χ3v) is 4.79. The van der Waals surface area contributed by atoms with Gasteiger partial charge in [0, 0.05) is 19.2 Å². The van der Waals surface area contributed by atoms with Crippen molar-refractivity contribution in [2.45, 2.75) is 76.0 Å². The number of hydrogen-bond acceptors (Lipinski definition) is 3. The molecule has 0 radical (unpaired) electrons. The van der Waals surface area contributed by atoms with Crippen molar-refractivity contribution in [1.82, 2.24) is 5.32 Å². The van der Waals surface area contributed by atoms with E-state index < -0.39 is 0 Å². The smallest absolute Gasteiger partial charge is 0.0813 e. The average molecular weight is 267 g/mol. The quantitative estimate of drug-likeness (QED) is 0.769. The van der Waals surface area contributed by atoms with Crippen molar-refractivity contribution in [2.75, 3.05) is 19.8 Å². The molecule has 1 aliphatic heterocycles. The van der Waals surface area contributed by atoms with Crippen molar-refractivity contribution in [3.05, 3.63) is 0 Å². The average Bonchev–Trinajstić information content (AvgIpc) is 3.17. The van der Waals surface area contributed by atoms with Gasteiger partial charge < -0.3 is 14.8 Å². The maximum absolute atomic E-state index is 6.04. The predicted octanol–water partition coefficient (Wildman–Crippen LogP) is 2.88. The van der Waals surface area contributed by atoms with Crippen LogP contribution in [0.4, 0.5) is 0 Å². The first kappa shape index (κ1) is 13.8. The Kier molecular flexibility index (Phi) is 5.14. The molecule has 1 N–H and O–H groups in total. The molecule has 0 amide bonds. The summed E-state index contributed by atoms with van der Waals surface area (Å²) in [6.07, 6.45) is 12.9. The van der Waals surface area contributed by atoms with E-state index in [0.29, 0.717) is 12.2 Å². The molecular formula is C16H29NO2. The maximum Gasteiger partial charge on any atom is 0.0813 e. The van der Waals surface area contributed by atoms with E-state index in [1.165, 1.54) is 57.8 Å². The fourth-order valence-electron chi connectivity index (χ4n) is 3.36. The Morgan fingerprint density at radius 3 is 2.42 bits per heavy atom. The highest BCUT2D eigenvalue weighted by molar-refractivity contribution is 4.84. The lowest BCUT2D eigenvalue weighted by atomic mass is 9.90. The third kappa shape index (κ3) is 4.73. The van der Waals surface area contributed by atoms with Crippen molar-refractivity contribution in [1.29, 1.82) is 0 Å². The summed E-state index contributed by atoms with van der Waals surface area (Å²) in [6.45, 7) is 2.82. The summed E-state index contributed by atoms with van der Waals surface area (Å²) in [5.41, 5.74) is 0. The maximum atomic E-state index is 6.04. The highest BCUT2D eigenvalue weighted by Crippen LogP contribution is 2.25. The molecule has 2 aliphatic carbocycles. The van der Waals surface area contributed by atoms with Crippen LogP contribution in [0.25, 0.3) is 0 Å². The van der Waals surface area contributed by atoms with E-state index in [1.54, 1.807) is 0 Å². The first-order valence-electron chi connectivity index (χ1n) is 8.37. The van der Waals surface area contributed by atoms with E-state index in [9.17, 15) is 0 Å². The van der Waals surface area contributed by atoms with Crippen LogP contribution >= 0.6 is 0 Å². The zero-order valence-corrected chi connectivity index (χ0v) is 12.1. The lowest BCUT2D eigenvalue weighted by molar-refractivity contribution is -0.0246. The molecule has 0 aromatic carbocycles. The molecule has 3 heteroatoms. The van der Waals surface area contributed by atoms with Crippen LogP contribution in [0.5, 0.6) is 0 Å². The normalized spacial score (nSPS) is 32.8. The molecule has 19 heavy (non-hydrogen) atoms. The minimum atomic E-state index is 0.356. The Bertz CT molecular complexity index is 261. The zero-order valence-electron chi connectivity index (χ0n) is 12.1. The second-order valence-electron chi connectivity index (χ2n) is 6.68. The summed E-state index contributed by atoms with van der Waals surface area (Å²) in [5, 5.41) is 3.56. The predicted molar refractivity (Wildman–Crippen MR) is 76.3 cm³/mol. The fraction of sp³-hybridized carbons (Fsp3) is 1.00. The van der Waals surface area contributed by atoms with Gasteiger partial charge in [-0.3, -0.25) is 0 Å². The summed E-state index contributed by atoms with van der Waals surface area (Å²) < 4.78 is 11.9. The summed E-state index contributed by atoms with van der Waals surface area (Å²) in [4.78, 5) is 0. The topological polar surface area (TPSA) is 30.5 Å². The van der Waals surface area contributed by atoms with Crippen molar-refractivity contribution in [2.24, 2.45) is 5.92 Å². The summed E-state index contributed by atoms with van der Waals surface area (Å²) in [5.74, 6) is 0.822. The molecule has 3 rings (SSSR count). The molecule has 2 atom stereocenters. The Balaban J connectivity index is 1.24. The standard InChI is InChI=1S/C16H29NO2/c1-2-4-13(5-3-1)11-18-12-16-9-8-15(19-16)10-17-14-6-7-14/h13-17H,1-12H2. The van der Waals surface area contributed by atoms with Gasteiger partial charge in [0.15, 0.2) is 0 Å². The molecular weight excluding hydrogens is 238 g/mol. The molecule has 1 saturated heterocycles. The minimum absolute atomic E-state index is 0.356. The van der Waals surface area contributed by atoms with Gasteiger partial charge in [0.25, 0.3) is 0 Å². The van der Waals surface area contributed by atoms with Crippen LogP contribution in [0.15, 0.2) is 0 Å². The van der Waals surface area contributed by atoms with Gasteiger partial charge in [-0.15, -0.1) is 0 Å². The van der Waals surface area contributed by atoms with Crippen LogP contribution in [0.3, 0.4) is 0 Å². The molecule has 0 aromatic rings. The van der Waals surface area contributed by atoms with Crippen LogP contribution in [0, 0.1) is 5.92 Å². The molecule has 1 heterocycles. The second-order valence-corrected chi connectivity index (χ2v) is 6.68. The monoisotopic (exact) mass is 267 g/mol. The summed E-state index contributed by atoms with van der Waals surface area (Å²) >= 11 is 0. The Morgan fingerprint density at radius 2 is 1.63 bits per heavy atom. The highest BCUT2D eigenvalue weighted by atomic mass is 16.5. The van der Waals surface area contributed by atoms with E-state index >= 15 is 0 Å². The molecule has 3 aliphatic rings. The van der Waals surface area contributed by atoms with Gasteiger partial charge in [-0.25, -0.2) is 0 Å². The summed E-state index contributed by atoms with van der Waals surface area (Å²) in [7, 11) is 0. The zero-order chi connectivity index (χ0) is 12.9. The molecule has 2 saturated carbocycles. The first-order chi connectivity index (χ1) is 9.40.